The van der Waals surface area contributed by atoms with E-state index in [-0.39, 0.29) is 5.38 Å². The summed E-state index contributed by atoms with van der Waals surface area (Å²) in [5.74, 6) is 1.60. The molecule has 0 saturated heterocycles. The minimum Gasteiger partial charge on any atom is -0.494 e. The summed E-state index contributed by atoms with van der Waals surface area (Å²) >= 11 is 7.90. The number of halogens is 1. The van der Waals surface area contributed by atoms with Gasteiger partial charge in [-0.3, -0.25) is 0 Å². The molecule has 3 aromatic rings. The smallest absolute Gasteiger partial charge is 0.146 e. The lowest BCUT2D eigenvalue weighted by Gasteiger charge is -2.08. The van der Waals surface area contributed by atoms with E-state index in [1.165, 1.54) is 0 Å². The molecule has 0 N–H and O–H groups in total. The molecular formula is C14H14ClN3OS. The molecule has 0 saturated carbocycles. The molecule has 20 heavy (non-hydrogen) atoms. The van der Waals surface area contributed by atoms with Gasteiger partial charge in [-0.05, 0) is 19.1 Å². The van der Waals surface area contributed by atoms with E-state index in [0.29, 0.717) is 6.54 Å². The summed E-state index contributed by atoms with van der Waals surface area (Å²) in [6, 6.07) is 5.90. The van der Waals surface area contributed by atoms with Crippen LogP contribution in [0.25, 0.3) is 11.0 Å². The van der Waals surface area contributed by atoms with Crippen molar-refractivity contribution >= 4 is 34.0 Å². The maximum absolute atomic E-state index is 6.27. The lowest BCUT2D eigenvalue weighted by Crippen LogP contribution is -2.05. The zero-order valence-electron chi connectivity index (χ0n) is 11.2. The third-order valence-corrected chi connectivity index (χ3v) is 4.08. The Bertz CT molecular complexity index is 721. The largest absolute Gasteiger partial charge is 0.494 e. The Morgan fingerprint density at radius 2 is 2.30 bits per heavy atom. The van der Waals surface area contributed by atoms with Crippen LogP contribution in [-0.4, -0.2) is 21.6 Å². The number of hydrogen-bond donors (Lipinski definition) is 0. The number of para-hydroxylation sites is 1. The fourth-order valence-electron chi connectivity index (χ4n) is 2.24. The highest BCUT2D eigenvalue weighted by atomic mass is 35.5. The quantitative estimate of drug-likeness (QED) is 0.687. The normalized spacial score (nSPS) is 12.8. The van der Waals surface area contributed by atoms with Crippen LogP contribution in [0.4, 0.5) is 0 Å². The summed E-state index contributed by atoms with van der Waals surface area (Å²) in [5.41, 5.74) is 1.86. The standard InChI is InChI=1S/C14H14ClN3OS/c1-9(15)14-17-13-10(4-3-5-11(13)19-2)18(14)8-12-16-6-7-20-12/h3-7,9H,8H2,1-2H3. The Morgan fingerprint density at radius 1 is 1.45 bits per heavy atom. The summed E-state index contributed by atoms with van der Waals surface area (Å²) in [5, 5.41) is 2.83. The minimum atomic E-state index is -0.174. The van der Waals surface area contributed by atoms with Gasteiger partial charge in [0.25, 0.3) is 0 Å². The van der Waals surface area contributed by atoms with Crippen molar-refractivity contribution in [2.24, 2.45) is 0 Å². The number of rotatable bonds is 4. The number of aromatic nitrogens is 3. The first-order chi connectivity index (χ1) is 9.70. The van der Waals surface area contributed by atoms with Crippen LogP contribution in [-0.2, 0) is 6.54 Å². The highest BCUT2D eigenvalue weighted by Gasteiger charge is 2.18. The van der Waals surface area contributed by atoms with Crippen molar-refractivity contribution < 1.29 is 4.74 Å². The van der Waals surface area contributed by atoms with E-state index in [4.69, 9.17) is 16.3 Å². The van der Waals surface area contributed by atoms with E-state index >= 15 is 0 Å². The van der Waals surface area contributed by atoms with E-state index in [1.54, 1.807) is 18.4 Å². The summed E-state index contributed by atoms with van der Waals surface area (Å²) in [4.78, 5) is 8.98. The molecule has 0 aliphatic heterocycles. The molecule has 0 fully saturated rings. The monoisotopic (exact) mass is 307 g/mol. The molecule has 0 bridgehead atoms. The van der Waals surface area contributed by atoms with Crippen LogP contribution < -0.4 is 4.74 Å². The van der Waals surface area contributed by atoms with Crippen LogP contribution in [0.3, 0.4) is 0 Å². The van der Waals surface area contributed by atoms with Crippen molar-refractivity contribution in [3.63, 3.8) is 0 Å². The van der Waals surface area contributed by atoms with Gasteiger partial charge in [0.1, 0.15) is 22.1 Å². The molecule has 1 aromatic carbocycles. The van der Waals surface area contributed by atoms with Crippen molar-refractivity contribution in [2.45, 2.75) is 18.8 Å². The van der Waals surface area contributed by atoms with Crippen molar-refractivity contribution in [1.82, 2.24) is 14.5 Å². The Labute approximate surface area is 126 Å². The lowest BCUT2D eigenvalue weighted by atomic mass is 10.3. The first-order valence-electron chi connectivity index (χ1n) is 6.26. The molecule has 0 radical (unpaired) electrons. The van der Waals surface area contributed by atoms with Crippen molar-refractivity contribution in [3.05, 3.63) is 40.6 Å². The molecule has 3 rings (SSSR count). The highest BCUT2D eigenvalue weighted by molar-refractivity contribution is 7.09. The van der Waals surface area contributed by atoms with Crippen LogP contribution in [0, 0.1) is 0 Å². The Kier molecular flexibility index (Phi) is 3.63. The summed E-state index contributed by atoms with van der Waals surface area (Å²) in [6.07, 6.45) is 1.81. The molecule has 104 valence electrons. The topological polar surface area (TPSA) is 39.9 Å². The minimum absolute atomic E-state index is 0.174. The van der Waals surface area contributed by atoms with Gasteiger partial charge in [0.15, 0.2) is 0 Å². The molecular weight excluding hydrogens is 294 g/mol. The van der Waals surface area contributed by atoms with Gasteiger partial charge in [0.05, 0.1) is 24.5 Å². The predicted octanol–water partition coefficient (Wildman–Crippen LogP) is 3.85. The third kappa shape index (κ3) is 2.27. The van der Waals surface area contributed by atoms with Crippen molar-refractivity contribution in [1.29, 1.82) is 0 Å². The van der Waals surface area contributed by atoms with E-state index < -0.39 is 0 Å². The van der Waals surface area contributed by atoms with Crippen LogP contribution in [0.15, 0.2) is 29.8 Å². The number of thiazole rings is 1. The maximum Gasteiger partial charge on any atom is 0.146 e. The number of fused-ring (bicyclic) bond motifs is 1. The third-order valence-electron chi connectivity index (χ3n) is 3.12. The van der Waals surface area contributed by atoms with Crippen LogP contribution >= 0.6 is 22.9 Å². The van der Waals surface area contributed by atoms with Crippen molar-refractivity contribution in [3.8, 4) is 5.75 Å². The van der Waals surface area contributed by atoms with Gasteiger partial charge < -0.3 is 9.30 Å². The summed E-state index contributed by atoms with van der Waals surface area (Å²) in [6.45, 7) is 2.60. The highest BCUT2D eigenvalue weighted by Crippen LogP contribution is 2.30. The number of ether oxygens (including phenoxy) is 1. The fourth-order valence-corrected chi connectivity index (χ4v) is 3.01. The Balaban J connectivity index is 2.19. The molecule has 0 aliphatic carbocycles. The number of benzene rings is 1. The first-order valence-corrected chi connectivity index (χ1v) is 7.58. The second-order valence-corrected chi connectivity index (χ2v) is 6.06. The van der Waals surface area contributed by atoms with Gasteiger partial charge in [-0.15, -0.1) is 22.9 Å². The second kappa shape index (κ2) is 5.42. The molecule has 0 aliphatic rings. The first kappa shape index (κ1) is 13.4. The number of methoxy groups -OCH3 is 1. The summed E-state index contributed by atoms with van der Waals surface area (Å²) in [7, 11) is 1.65. The molecule has 6 heteroatoms. The molecule has 2 aromatic heterocycles. The van der Waals surface area contributed by atoms with Gasteiger partial charge in [-0.2, -0.15) is 0 Å². The average molecular weight is 308 g/mol. The Morgan fingerprint density at radius 3 is 2.95 bits per heavy atom. The predicted molar refractivity (Wildman–Crippen MR) is 81.8 cm³/mol. The van der Waals surface area contributed by atoms with Gasteiger partial charge >= 0.3 is 0 Å². The average Bonchev–Trinajstić information content (AvgIpc) is 3.07. The fraction of sp³-hybridized carbons (Fsp3) is 0.286. The van der Waals surface area contributed by atoms with Gasteiger partial charge in [-0.25, -0.2) is 9.97 Å². The zero-order valence-corrected chi connectivity index (χ0v) is 12.8. The maximum atomic E-state index is 6.27. The van der Waals surface area contributed by atoms with E-state index in [1.807, 2.05) is 36.7 Å². The molecule has 0 spiro atoms. The van der Waals surface area contributed by atoms with Gasteiger partial charge in [-0.1, -0.05) is 6.07 Å². The SMILES string of the molecule is COc1cccc2c1nc(C(C)Cl)n2Cc1nccs1. The molecule has 1 unspecified atom stereocenters. The number of alkyl halides is 1. The number of hydrogen-bond acceptors (Lipinski definition) is 4. The zero-order chi connectivity index (χ0) is 14.1. The lowest BCUT2D eigenvalue weighted by molar-refractivity contribution is 0.419. The molecule has 2 heterocycles. The van der Waals surface area contributed by atoms with E-state index in [2.05, 4.69) is 14.5 Å². The number of nitrogens with zero attached hydrogens (tertiary/aromatic N) is 3. The summed E-state index contributed by atoms with van der Waals surface area (Å²) < 4.78 is 7.48. The molecule has 1 atom stereocenters. The van der Waals surface area contributed by atoms with Crippen molar-refractivity contribution in [2.75, 3.05) is 7.11 Å². The Hall–Kier alpha value is -1.59. The van der Waals surface area contributed by atoms with Gasteiger partial charge in [0, 0.05) is 11.6 Å². The van der Waals surface area contributed by atoms with Crippen LogP contribution in [0.2, 0.25) is 0 Å². The van der Waals surface area contributed by atoms with E-state index in [9.17, 15) is 0 Å². The second-order valence-electron chi connectivity index (χ2n) is 4.43. The van der Waals surface area contributed by atoms with Gasteiger partial charge in [0.2, 0.25) is 0 Å². The molecule has 4 nitrogen and oxygen atoms in total. The molecule has 0 amide bonds. The van der Waals surface area contributed by atoms with E-state index in [0.717, 1.165) is 27.6 Å². The number of imidazole rings is 1. The van der Waals surface area contributed by atoms with Crippen LogP contribution in [0.5, 0.6) is 5.75 Å². The van der Waals surface area contributed by atoms with Crippen LogP contribution in [0.1, 0.15) is 23.1 Å².